The molecular weight excluding hydrogens is 332 g/mol. The van der Waals surface area contributed by atoms with Crippen LogP contribution >= 0.6 is 0 Å². The summed E-state index contributed by atoms with van der Waals surface area (Å²) in [6.07, 6.45) is 1.75. The summed E-state index contributed by atoms with van der Waals surface area (Å²) in [5.41, 5.74) is 0. The summed E-state index contributed by atoms with van der Waals surface area (Å²) >= 11 is 0. The van der Waals surface area contributed by atoms with Crippen LogP contribution < -0.4 is 19.1 Å². The smallest absolute Gasteiger partial charge is 0.228 e. The summed E-state index contributed by atoms with van der Waals surface area (Å²) in [4.78, 5) is 13.4. The molecule has 1 saturated heterocycles. The first-order valence-electron chi connectivity index (χ1n) is 8.99. The van der Waals surface area contributed by atoms with E-state index in [-0.39, 0.29) is 0 Å². The van der Waals surface area contributed by atoms with Gasteiger partial charge in [-0.25, -0.2) is 4.98 Å². The van der Waals surface area contributed by atoms with Gasteiger partial charge in [0.2, 0.25) is 11.8 Å². The van der Waals surface area contributed by atoms with Gasteiger partial charge in [0, 0.05) is 45.0 Å². The Balaban J connectivity index is 1.44. The highest BCUT2D eigenvalue weighted by atomic mass is 16.5. The first kappa shape index (κ1) is 18.3. The largest absolute Gasteiger partial charge is 0.493 e. The number of nitrogens with zero attached hydrogens (tertiary/aromatic N) is 4. The Bertz CT molecular complexity index is 690. The third-order valence-electron chi connectivity index (χ3n) is 4.30. The van der Waals surface area contributed by atoms with Gasteiger partial charge in [-0.2, -0.15) is 4.98 Å². The van der Waals surface area contributed by atoms with E-state index >= 15 is 0 Å². The summed E-state index contributed by atoms with van der Waals surface area (Å²) in [5, 5.41) is 0. The molecule has 2 heterocycles. The predicted octanol–water partition coefficient (Wildman–Crippen LogP) is 2.08. The van der Waals surface area contributed by atoms with E-state index in [0.29, 0.717) is 19.1 Å². The van der Waals surface area contributed by atoms with Crippen LogP contribution in [0.2, 0.25) is 0 Å². The van der Waals surface area contributed by atoms with Gasteiger partial charge in [-0.05, 0) is 19.1 Å². The van der Waals surface area contributed by atoms with Gasteiger partial charge >= 0.3 is 0 Å². The number of hydrogen-bond donors (Lipinski definition) is 0. The maximum Gasteiger partial charge on any atom is 0.228 e. The molecule has 140 valence electrons. The molecular formula is C19H26N4O3. The Labute approximate surface area is 154 Å². The second-order valence-electron chi connectivity index (χ2n) is 5.96. The minimum absolute atomic E-state index is 0.608. The van der Waals surface area contributed by atoms with E-state index in [9.17, 15) is 0 Å². The first-order chi connectivity index (χ1) is 12.8. The molecule has 0 atom stereocenters. The van der Waals surface area contributed by atoms with Gasteiger partial charge in [0.15, 0.2) is 11.5 Å². The van der Waals surface area contributed by atoms with Crippen LogP contribution in [0.5, 0.6) is 17.4 Å². The molecule has 7 heteroatoms. The van der Waals surface area contributed by atoms with Crippen LogP contribution in [0.15, 0.2) is 36.5 Å². The highest BCUT2D eigenvalue weighted by Gasteiger charge is 2.19. The second kappa shape index (κ2) is 9.24. The highest BCUT2D eigenvalue weighted by Crippen LogP contribution is 2.25. The van der Waals surface area contributed by atoms with Crippen molar-refractivity contribution in [2.45, 2.75) is 6.92 Å². The lowest BCUT2D eigenvalue weighted by molar-refractivity contribution is 0.196. The second-order valence-corrected chi connectivity index (χ2v) is 5.96. The lowest BCUT2D eigenvalue weighted by Gasteiger charge is -2.34. The molecule has 7 nitrogen and oxygen atoms in total. The normalized spacial score (nSPS) is 14.9. The van der Waals surface area contributed by atoms with E-state index in [1.165, 1.54) is 0 Å². The zero-order chi connectivity index (χ0) is 18.2. The van der Waals surface area contributed by atoms with Crippen molar-refractivity contribution in [2.75, 3.05) is 57.9 Å². The number of aromatic nitrogens is 2. The molecule has 0 amide bonds. The summed E-state index contributed by atoms with van der Waals surface area (Å²) in [5.74, 6) is 2.92. The van der Waals surface area contributed by atoms with Crippen LogP contribution in [0.3, 0.4) is 0 Å². The molecule has 0 saturated carbocycles. The number of benzene rings is 1. The molecule has 0 unspecified atom stereocenters. The van der Waals surface area contributed by atoms with Gasteiger partial charge in [0.05, 0.1) is 13.7 Å². The average Bonchev–Trinajstić information content (AvgIpc) is 2.69. The quantitative estimate of drug-likeness (QED) is 0.716. The molecule has 1 aliphatic heterocycles. The number of anilines is 1. The van der Waals surface area contributed by atoms with Crippen molar-refractivity contribution in [2.24, 2.45) is 0 Å². The van der Waals surface area contributed by atoms with Crippen LogP contribution in [-0.2, 0) is 0 Å². The maximum atomic E-state index is 5.86. The minimum Gasteiger partial charge on any atom is -0.493 e. The van der Waals surface area contributed by atoms with Crippen molar-refractivity contribution < 1.29 is 14.2 Å². The zero-order valence-electron chi connectivity index (χ0n) is 15.4. The van der Waals surface area contributed by atoms with Gasteiger partial charge in [0.1, 0.15) is 6.61 Å². The fourth-order valence-electron chi connectivity index (χ4n) is 2.91. The van der Waals surface area contributed by atoms with Crippen LogP contribution in [0, 0.1) is 0 Å². The first-order valence-corrected chi connectivity index (χ1v) is 8.99. The molecule has 0 aliphatic carbocycles. The zero-order valence-corrected chi connectivity index (χ0v) is 15.4. The third-order valence-corrected chi connectivity index (χ3v) is 4.30. The van der Waals surface area contributed by atoms with Crippen molar-refractivity contribution in [1.29, 1.82) is 0 Å². The van der Waals surface area contributed by atoms with Gasteiger partial charge in [-0.15, -0.1) is 0 Å². The molecule has 0 N–H and O–H groups in total. The van der Waals surface area contributed by atoms with Crippen LogP contribution in [-0.4, -0.2) is 67.9 Å². The van der Waals surface area contributed by atoms with Gasteiger partial charge < -0.3 is 19.1 Å². The number of para-hydroxylation sites is 2. The van der Waals surface area contributed by atoms with E-state index in [4.69, 9.17) is 14.2 Å². The number of rotatable bonds is 8. The third kappa shape index (κ3) is 4.76. The number of methoxy groups -OCH3 is 1. The standard InChI is InChI=1S/C19H26N4O3/c1-3-25-18-8-9-20-19(21-18)23-12-10-22(11-13-23)14-15-26-17-7-5-4-6-16(17)24-2/h4-9H,3,10-15H2,1-2H3. The van der Waals surface area contributed by atoms with Crippen LogP contribution in [0.4, 0.5) is 5.95 Å². The van der Waals surface area contributed by atoms with Crippen molar-refractivity contribution in [3.05, 3.63) is 36.5 Å². The van der Waals surface area contributed by atoms with Crippen molar-refractivity contribution in [3.63, 3.8) is 0 Å². The molecule has 1 aromatic heterocycles. The fourth-order valence-corrected chi connectivity index (χ4v) is 2.91. The molecule has 0 radical (unpaired) electrons. The lowest BCUT2D eigenvalue weighted by atomic mass is 10.3. The molecule has 2 aromatic rings. The lowest BCUT2D eigenvalue weighted by Crippen LogP contribution is -2.48. The summed E-state index contributed by atoms with van der Waals surface area (Å²) < 4.78 is 16.6. The van der Waals surface area contributed by atoms with Gasteiger partial charge in [0.25, 0.3) is 0 Å². The Hall–Kier alpha value is -2.54. The summed E-state index contributed by atoms with van der Waals surface area (Å²) in [6, 6.07) is 9.52. The monoisotopic (exact) mass is 358 g/mol. The number of ether oxygens (including phenoxy) is 3. The SMILES string of the molecule is CCOc1ccnc(N2CCN(CCOc3ccccc3OC)CC2)n1. The fraction of sp³-hybridized carbons (Fsp3) is 0.474. The molecule has 26 heavy (non-hydrogen) atoms. The Morgan fingerprint density at radius 3 is 2.50 bits per heavy atom. The highest BCUT2D eigenvalue weighted by molar-refractivity contribution is 5.39. The van der Waals surface area contributed by atoms with Crippen LogP contribution in [0.1, 0.15) is 6.92 Å². The van der Waals surface area contributed by atoms with Crippen LogP contribution in [0.25, 0.3) is 0 Å². The van der Waals surface area contributed by atoms with E-state index in [2.05, 4.69) is 19.8 Å². The molecule has 0 bridgehead atoms. The van der Waals surface area contributed by atoms with Crippen molar-refractivity contribution >= 4 is 5.95 Å². The topological polar surface area (TPSA) is 60.0 Å². The molecule has 1 fully saturated rings. The Kier molecular flexibility index (Phi) is 6.49. The van der Waals surface area contributed by atoms with Gasteiger partial charge in [-0.1, -0.05) is 12.1 Å². The van der Waals surface area contributed by atoms with Gasteiger partial charge in [-0.3, -0.25) is 4.90 Å². The number of hydrogen-bond acceptors (Lipinski definition) is 7. The molecule has 0 spiro atoms. The Morgan fingerprint density at radius 1 is 1.00 bits per heavy atom. The number of piperazine rings is 1. The molecule has 1 aromatic carbocycles. The Morgan fingerprint density at radius 2 is 1.77 bits per heavy atom. The summed E-state index contributed by atoms with van der Waals surface area (Å²) in [6.45, 7) is 7.77. The minimum atomic E-state index is 0.608. The predicted molar refractivity (Wildman–Crippen MR) is 100 cm³/mol. The molecule has 1 aliphatic rings. The van der Waals surface area contributed by atoms with E-state index in [1.807, 2.05) is 31.2 Å². The van der Waals surface area contributed by atoms with E-state index < -0.39 is 0 Å². The average molecular weight is 358 g/mol. The summed E-state index contributed by atoms with van der Waals surface area (Å²) in [7, 11) is 1.66. The van der Waals surface area contributed by atoms with E-state index in [0.717, 1.165) is 50.2 Å². The molecule has 3 rings (SSSR count). The van der Waals surface area contributed by atoms with Crippen molar-refractivity contribution in [3.8, 4) is 17.4 Å². The van der Waals surface area contributed by atoms with E-state index in [1.54, 1.807) is 19.4 Å². The maximum absolute atomic E-state index is 5.86. The van der Waals surface area contributed by atoms with Crippen molar-refractivity contribution in [1.82, 2.24) is 14.9 Å².